The fourth-order valence-electron chi connectivity index (χ4n) is 3.46. The molecule has 0 saturated carbocycles. The monoisotopic (exact) mass is 353 g/mol. The minimum Gasteiger partial charge on any atom is -0.278 e. The van der Waals surface area contributed by atoms with Crippen molar-refractivity contribution in [2.24, 2.45) is 0 Å². The second kappa shape index (κ2) is 5.18. The molecule has 6 heterocycles. The summed E-state index contributed by atoms with van der Waals surface area (Å²) in [6.45, 7) is 0. The van der Waals surface area contributed by atoms with Gasteiger partial charge in [-0.3, -0.25) is 30.2 Å². The number of nitrogens with zero attached hydrogens (tertiary/aromatic N) is 6. The van der Waals surface area contributed by atoms with Crippen LogP contribution in [0.15, 0.2) is 49.4 Å². The van der Waals surface area contributed by atoms with Crippen LogP contribution in [0.1, 0.15) is 0 Å². The first-order valence-corrected chi connectivity index (χ1v) is 8.28. The Morgan fingerprint density at radius 1 is 0.593 bits per heavy atom. The highest BCUT2D eigenvalue weighted by Crippen LogP contribution is 2.35. The zero-order valence-electron chi connectivity index (χ0n) is 13.8. The van der Waals surface area contributed by atoms with Gasteiger partial charge in [0.2, 0.25) is 0 Å². The van der Waals surface area contributed by atoms with Crippen molar-refractivity contribution < 1.29 is 0 Å². The Balaban J connectivity index is 1.66. The minimum atomic E-state index is 0.793. The molecular weight excluding hydrogens is 342 g/mol. The van der Waals surface area contributed by atoms with Crippen LogP contribution >= 0.6 is 0 Å². The van der Waals surface area contributed by atoms with E-state index < -0.39 is 0 Å². The van der Waals surface area contributed by atoms with Crippen molar-refractivity contribution in [2.45, 2.75) is 0 Å². The van der Waals surface area contributed by atoms with Crippen LogP contribution in [0, 0.1) is 0 Å². The maximum absolute atomic E-state index is 4.73. The topological polar surface area (TPSA) is 125 Å². The van der Waals surface area contributed by atoms with E-state index in [1.54, 1.807) is 37.2 Å². The molecular formula is C18H11N9. The molecule has 9 nitrogen and oxygen atoms in total. The lowest BCUT2D eigenvalue weighted by molar-refractivity contribution is 1.11. The first-order chi connectivity index (χ1) is 13.4. The highest BCUT2D eigenvalue weighted by molar-refractivity contribution is 6.07. The summed E-state index contributed by atoms with van der Waals surface area (Å²) in [4.78, 5) is 13.6. The van der Waals surface area contributed by atoms with Crippen molar-refractivity contribution in [3.8, 4) is 22.5 Å². The van der Waals surface area contributed by atoms with Gasteiger partial charge in [0.1, 0.15) is 0 Å². The van der Waals surface area contributed by atoms with E-state index >= 15 is 0 Å². The van der Waals surface area contributed by atoms with E-state index in [0.29, 0.717) is 0 Å². The number of rotatable bonds is 2. The van der Waals surface area contributed by atoms with Crippen molar-refractivity contribution in [3.63, 3.8) is 0 Å². The van der Waals surface area contributed by atoms with Gasteiger partial charge < -0.3 is 0 Å². The number of aromatic amines is 3. The number of nitrogens with one attached hydrogen (secondary N) is 3. The van der Waals surface area contributed by atoms with Gasteiger partial charge in [-0.15, -0.1) is 0 Å². The molecule has 128 valence electrons. The SMILES string of the molecule is c1cc2[nH]ncc2c(-c2cnc(-c3cncc4[nH]ncc34)c3cn[nH]c23)n1. The van der Waals surface area contributed by atoms with E-state index in [0.717, 1.165) is 55.2 Å². The molecule has 0 aliphatic rings. The number of fused-ring (bicyclic) bond motifs is 3. The lowest BCUT2D eigenvalue weighted by Crippen LogP contribution is -1.92. The molecule has 0 fully saturated rings. The van der Waals surface area contributed by atoms with Crippen LogP contribution in [0.3, 0.4) is 0 Å². The number of hydrogen-bond acceptors (Lipinski definition) is 6. The third kappa shape index (κ3) is 1.93. The molecule has 0 amide bonds. The Labute approximate surface area is 150 Å². The Kier molecular flexibility index (Phi) is 2.70. The van der Waals surface area contributed by atoms with Gasteiger partial charge in [-0.2, -0.15) is 15.3 Å². The van der Waals surface area contributed by atoms with E-state index in [2.05, 4.69) is 40.6 Å². The van der Waals surface area contributed by atoms with Crippen molar-refractivity contribution in [1.82, 2.24) is 45.5 Å². The smallest absolute Gasteiger partial charge is 0.0849 e. The Hall–Kier alpha value is -4.14. The molecule has 9 heteroatoms. The summed E-state index contributed by atoms with van der Waals surface area (Å²) in [7, 11) is 0. The van der Waals surface area contributed by atoms with Crippen LogP contribution in [-0.4, -0.2) is 45.5 Å². The maximum atomic E-state index is 4.73. The summed E-state index contributed by atoms with van der Waals surface area (Å²) >= 11 is 0. The lowest BCUT2D eigenvalue weighted by Gasteiger charge is -2.08. The molecule has 27 heavy (non-hydrogen) atoms. The van der Waals surface area contributed by atoms with Gasteiger partial charge in [0.25, 0.3) is 0 Å². The second-order valence-corrected chi connectivity index (χ2v) is 6.19. The predicted octanol–water partition coefficient (Wildman–Crippen LogP) is 2.83. The molecule has 0 aliphatic heterocycles. The third-order valence-corrected chi connectivity index (χ3v) is 4.73. The Morgan fingerprint density at radius 3 is 2.33 bits per heavy atom. The van der Waals surface area contributed by atoms with Crippen LogP contribution in [-0.2, 0) is 0 Å². The fourth-order valence-corrected chi connectivity index (χ4v) is 3.46. The molecule has 0 atom stereocenters. The number of hydrogen-bond donors (Lipinski definition) is 3. The molecule has 0 bridgehead atoms. The van der Waals surface area contributed by atoms with Gasteiger partial charge in [-0.25, -0.2) is 0 Å². The van der Waals surface area contributed by atoms with Crippen molar-refractivity contribution >= 4 is 32.7 Å². The highest BCUT2D eigenvalue weighted by atomic mass is 15.1. The molecule has 6 aromatic heterocycles. The predicted molar refractivity (Wildman–Crippen MR) is 99.7 cm³/mol. The van der Waals surface area contributed by atoms with Crippen LogP contribution in [0.2, 0.25) is 0 Å². The van der Waals surface area contributed by atoms with Gasteiger partial charge in [0.15, 0.2) is 0 Å². The second-order valence-electron chi connectivity index (χ2n) is 6.19. The normalized spacial score (nSPS) is 11.7. The van der Waals surface area contributed by atoms with E-state index in [-0.39, 0.29) is 0 Å². The zero-order chi connectivity index (χ0) is 17.8. The Bertz CT molecular complexity index is 1330. The van der Waals surface area contributed by atoms with Gasteiger partial charge >= 0.3 is 0 Å². The lowest BCUT2D eigenvalue weighted by atomic mass is 10.0. The molecule has 0 spiro atoms. The Morgan fingerprint density at radius 2 is 1.37 bits per heavy atom. The highest BCUT2D eigenvalue weighted by Gasteiger charge is 2.17. The van der Waals surface area contributed by atoms with Crippen LogP contribution < -0.4 is 0 Å². The summed E-state index contributed by atoms with van der Waals surface area (Å²) in [5, 5.41) is 24.3. The van der Waals surface area contributed by atoms with E-state index in [4.69, 9.17) is 4.98 Å². The van der Waals surface area contributed by atoms with Gasteiger partial charge in [0, 0.05) is 45.9 Å². The maximum Gasteiger partial charge on any atom is 0.0849 e. The number of H-pyrrole nitrogens is 3. The zero-order valence-corrected chi connectivity index (χ0v) is 13.8. The van der Waals surface area contributed by atoms with E-state index in [9.17, 15) is 0 Å². The summed E-state index contributed by atoms with van der Waals surface area (Å²) in [6.07, 6.45) is 12.4. The van der Waals surface area contributed by atoms with Crippen LogP contribution in [0.25, 0.3) is 55.2 Å². The third-order valence-electron chi connectivity index (χ3n) is 4.73. The molecule has 0 aliphatic carbocycles. The fraction of sp³-hybridized carbons (Fsp3) is 0. The molecule has 0 radical (unpaired) electrons. The van der Waals surface area contributed by atoms with Crippen molar-refractivity contribution in [3.05, 3.63) is 49.4 Å². The molecule has 0 aromatic carbocycles. The van der Waals surface area contributed by atoms with Gasteiger partial charge in [0.05, 0.1) is 52.7 Å². The average Bonchev–Trinajstić information content (AvgIpc) is 3.46. The molecule has 0 unspecified atom stereocenters. The van der Waals surface area contributed by atoms with Crippen LogP contribution in [0.5, 0.6) is 0 Å². The molecule has 6 aromatic rings. The number of aromatic nitrogens is 9. The van der Waals surface area contributed by atoms with Crippen molar-refractivity contribution in [1.29, 1.82) is 0 Å². The first-order valence-electron chi connectivity index (χ1n) is 8.28. The molecule has 3 N–H and O–H groups in total. The van der Waals surface area contributed by atoms with E-state index in [1.165, 1.54) is 0 Å². The van der Waals surface area contributed by atoms with E-state index in [1.807, 2.05) is 12.3 Å². The largest absolute Gasteiger partial charge is 0.278 e. The molecule has 6 rings (SSSR count). The number of pyridine rings is 3. The molecule has 0 saturated heterocycles. The summed E-state index contributed by atoms with van der Waals surface area (Å²) in [5.41, 5.74) is 6.00. The van der Waals surface area contributed by atoms with Gasteiger partial charge in [-0.05, 0) is 6.07 Å². The summed E-state index contributed by atoms with van der Waals surface area (Å²) in [6, 6.07) is 1.89. The standard InChI is InChI=1S/C18H11N9/c1-2-20-17(11-6-23-25-14(1)11)12-4-21-16(13-7-24-27-18(12)13)10-3-19-8-15-9(10)5-22-26-15/h1-8H,(H,22,26)(H,23,25)(H,24,27). The quantitative estimate of drug-likeness (QED) is 0.439. The summed E-state index contributed by atoms with van der Waals surface area (Å²) in [5.74, 6) is 0. The van der Waals surface area contributed by atoms with Crippen molar-refractivity contribution in [2.75, 3.05) is 0 Å². The average molecular weight is 353 g/mol. The summed E-state index contributed by atoms with van der Waals surface area (Å²) < 4.78 is 0. The first kappa shape index (κ1) is 14.1. The van der Waals surface area contributed by atoms with Crippen LogP contribution in [0.4, 0.5) is 0 Å². The minimum absolute atomic E-state index is 0.793. The van der Waals surface area contributed by atoms with Gasteiger partial charge in [-0.1, -0.05) is 0 Å².